The van der Waals surface area contributed by atoms with Gasteiger partial charge in [-0.15, -0.1) is 12.6 Å². The number of hydrogen-bond donors (Lipinski definition) is 2. The van der Waals surface area contributed by atoms with Gasteiger partial charge in [0.25, 0.3) is 0 Å². The van der Waals surface area contributed by atoms with E-state index in [9.17, 15) is 4.79 Å². The molecule has 0 unspecified atom stereocenters. The van der Waals surface area contributed by atoms with E-state index >= 15 is 0 Å². The zero-order valence-electron chi connectivity index (χ0n) is 5.90. The molecule has 0 aliphatic rings. The Morgan fingerprint density at radius 1 is 1.73 bits per heavy atom. The molecule has 0 aliphatic carbocycles. The summed E-state index contributed by atoms with van der Waals surface area (Å²) in [5.41, 5.74) is 0.902. The Kier molecular flexibility index (Phi) is 2.14. The number of pyridine rings is 1. The van der Waals surface area contributed by atoms with Gasteiger partial charge in [-0.2, -0.15) is 0 Å². The third kappa shape index (κ3) is 1.71. The number of nitrogens with zero attached hydrogens (tertiary/aromatic N) is 1. The molecule has 0 saturated heterocycles. The van der Waals surface area contributed by atoms with E-state index in [1.54, 1.807) is 6.07 Å². The number of thiol groups is 1. The molecule has 0 aliphatic heterocycles. The van der Waals surface area contributed by atoms with Gasteiger partial charge in [-0.05, 0) is 18.6 Å². The van der Waals surface area contributed by atoms with Gasteiger partial charge in [0.1, 0.15) is 0 Å². The first-order valence-electron chi connectivity index (χ1n) is 3.00. The molecule has 1 aromatic rings. The monoisotopic (exact) mass is 169 g/mol. The summed E-state index contributed by atoms with van der Waals surface area (Å²) in [6.07, 6.45) is 1.50. The van der Waals surface area contributed by atoms with Crippen molar-refractivity contribution in [2.24, 2.45) is 0 Å². The molecule has 0 fully saturated rings. The van der Waals surface area contributed by atoms with Gasteiger partial charge >= 0.3 is 5.97 Å². The van der Waals surface area contributed by atoms with Crippen molar-refractivity contribution in [3.05, 3.63) is 23.5 Å². The standard InChI is InChI=1S/C7H7NO2S/c1-4-2-5(11)6(7(9)10)8-3-4/h2-3,11H,1H3,(H,9,10). The first-order valence-corrected chi connectivity index (χ1v) is 3.45. The summed E-state index contributed by atoms with van der Waals surface area (Å²) in [6, 6.07) is 1.67. The Morgan fingerprint density at radius 3 is 2.82 bits per heavy atom. The van der Waals surface area contributed by atoms with Crippen LogP contribution in [0.4, 0.5) is 0 Å². The van der Waals surface area contributed by atoms with Crippen molar-refractivity contribution in [1.29, 1.82) is 0 Å². The van der Waals surface area contributed by atoms with Gasteiger partial charge in [0.15, 0.2) is 5.69 Å². The van der Waals surface area contributed by atoms with Crippen LogP contribution in [-0.2, 0) is 0 Å². The lowest BCUT2D eigenvalue weighted by molar-refractivity contribution is 0.0686. The Hall–Kier alpha value is -1.03. The summed E-state index contributed by atoms with van der Waals surface area (Å²) < 4.78 is 0. The van der Waals surface area contributed by atoms with Gasteiger partial charge in [0.2, 0.25) is 0 Å². The lowest BCUT2D eigenvalue weighted by Gasteiger charge is -1.98. The zero-order valence-corrected chi connectivity index (χ0v) is 6.80. The molecule has 0 spiro atoms. The molecule has 0 bridgehead atoms. The number of carboxylic acid groups (broad SMARTS) is 1. The number of hydrogen-bond acceptors (Lipinski definition) is 3. The Labute approximate surface area is 69.5 Å². The van der Waals surface area contributed by atoms with Gasteiger partial charge in [-0.3, -0.25) is 0 Å². The summed E-state index contributed by atoms with van der Waals surface area (Å²) >= 11 is 3.96. The highest BCUT2D eigenvalue weighted by atomic mass is 32.1. The maximum atomic E-state index is 10.4. The average Bonchev–Trinajstić information content (AvgIpc) is 1.85. The highest BCUT2D eigenvalue weighted by Gasteiger charge is 2.07. The van der Waals surface area contributed by atoms with E-state index in [2.05, 4.69) is 17.6 Å². The second-order valence-corrected chi connectivity index (χ2v) is 2.67. The number of aryl methyl sites for hydroxylation is 1. The van der Waals surface area contributed by atoms with Crippen LogP contribution in [0.1, 0.15) is 16.1 Å². The number of aromatic nitrogens is 1. The molecule has 1 N–H and O–H groups in total. The van der Waals surface area contributed by atoms with Crippen molar-refractivity contribution in [1.82, 2.24) is 4.98 Å². The van der Waals surface area contributed by atoms with Gasteiger partial charge in [-0.25, -0.2) is 9.78 Å². The highest BCUT2D eigenvalue weighted by molar-refractivity contribution is 7.80. The van der Waals surface area contributed by atoms with Crippen molar-refractivity contribution >= 4 is 18.6 Å². The van der Waals surface area contributed by atoms with E-state index < -0.39 is 5.97 Å². The Balaban J connectivity index is 3.20. The molecular weight excluding hydrogens is 162 g/mol. The maximum Gasteiger partial charge on any atom is 0.355 e. The topological polar surface area (TPSA) is 50.2 Å². The van der Waals surface area contributed by atoms with Crippen molar-refractivity contribution in [2.45, 2.75) is 11.8 Å². The molecule has 1 rings (SSSR count). The number of rotatable bonds is 1. The predicted octanol–water partition coefficient (Wildman–Crippen LogP) is 1.38. The van der Waals surface area contributed by atoms with Crippen LogP contribution in [0.3, 0.4) is 0 Å². The highest BCUT2D eigenvalue weighted by Crippen LogP contribution is 2.11. The van der Waals surface area contributed by atoms with Crippen LogP contribution in [-0.4, -0.2) is 16.1 Å². The first-order chi connectivity index (χ1) is 5.11. The summed E-state index contributed by atoms with van der Waals surface area (Å²) in [4.78, 5) is 14.5. The van der Waals surface area contributed by atoms with Crippen LogP contribution >= 0.6 is 12.6 Å². The molecule has 58 valence electrons. The van der Waals surface area contributed by atoms with Crippen molar-refractivity contribution < 1.29 is 9.90 Å². The molecule has 0 amide bonds. The second-order valence-electron chi connectivity index (χ2n) is 2.19. The summed E-state index contributed by atoms with van der Waals surface area (Å²) in [5, 5.41) is 8.55. The smallest absolute Gasteiger partial charge is 0.355 e. The van der Waals surface area contributed by atoms with Crippen molar-refractivity contribution in [3.63, 3.8) is 0 Å². The average molecular weight is 169 g/mol. The van der Waals surface area contributed by atoms with E-state index in [0.717, 1.165) is 5.56 Å². The molecular formula is C7H7NO2S. The molecule has 1 aromatic heterocycles. The fourth-order valence-corrected chi connectivity index (χ4v) is 1.08. The fraction of sp³-hybridized carbons (Fsp3) is 0.143. The first kappa shape index (κ1) is 8.07. The molecule has 3 nitrogen and oxygen atoms in total. The molecule has 11 heavy (non-hydrogen) atoms. The van der Waals surface area contributed by atoms with Gasteiger partial charge in [-0.1, -0.05) is 0 Å². The Bertz CT molecular complexity index is 298. The normalized spacial score (nSPS) is 9.64. The van der Waals surface area contributed by atoms with E-state index in [1.807, 2.05) is 6.92 Å². The van der Waals surface area contributed by atoms with Gasteiger partial charge in [0.05, 0.1) is 0 Å². The van der Waals surface area contributed by atoms with Crippen LogP contribution in [0.2, 0.25) is 0 Å². The minimum absolute atomic E-state index is 0.000988. The quantitative estimate of drug-likeness (QED) is 0.624. The number of carboxylic acids is 1. The lowest BCUT2D eigenvalue weighted by Crippen LogP contribution is -2.01. The molecule has 0 aromatic carbocycles. The minimum atomic E-state index is -1.05. The minimum Gasteiger partial charge on any atom is -0.476 e. The van der Waals surface area contributed by atoms with Gasteiger partial charge in [0, 0.05) is 11.1 Å². The van der Waals surface area contributed by atoms with E-state index in [1.165, 1.54) is 6.20 Å². The molecule has 1 heterocycles. The van der Waals surface area contributed by atoms with Crippen LogP contribution in [0, 0.1) is 6.92 Å². The van der Waals surface area contributed by atoms with E-state index in [4.69, 9.17) is 5.11 Å². The van der Waals surface area contributed by atoms with Crippen molar-refractivity contribution in [2.75, 3.05) is 0 Å². The predicted molar refractivity (Wildman–Crippen MR) is 43.2 cm³/mol. The third-order valence-corrected chi connectivity index (χ3v) is 1.55. The van der Waals surface area contributed by atoms with Crippen LogP contribution in [0.5, 0.6) is 0 Å². The molecule has 0 saturated carbocycles. The molecule has 0 radical (unpaired) electrons. The number of aromatic carboxylic acids is 1. The fourth-order valence-electron chi connectivity index (χ4n) is 0.719. The van der Waals surface area contributed by atoms with Crippen LogP contribution in [0.25, 0.3) is 0 Å². The Morgan fingerprint density at radius 2 is 2.36 bits per heavy atom. The summed E-state index contributed by atoms with van der Waals surface area (Å²) in [7, 11) is 0. The third-order valence-electron chi connectivity index (χ3n) is 1.21. The summed E-state index contributed by atoms with van der Waals surface area (Å²) in [6.45, 7) is 1.83. The van der Waals surface area contributed by atoms with E-state index in [0.29, 0.717) is 4.90 Å². The SMILES string of the molecule is Cc1cnc(C(=O)O)c(S)c1. The summed E-state index contributed by atoms with van der Waals surface area (Å²) in [5.74, 6) is -1.05. The zero-order chi connectivity index (χ0) is 8.43. The second kappa shape index (κ2) is 2.92. The molecule has 0 atom stereocenters. The van der Waals surface area contributed by atoms with Gasteiger partial charge < -0.3 is 5.11 Å². The largest absolute Gasteiger partial charge is 0.476 e. The molecule has 4 heteroatoms. The number of carbonyl (C=O) groups is 1. The van der Waals surface area contributed by atoms with E-state index in [-0.39, 0.29) is 5.69 Å². The lowest BCUT2D eigenvalue weighted by atomic mass is 10.3. The maximum absolute atomic E-state index is 10.4. The van der Waals surface area contributed by atoms with Crippen molar-refractivity contribution in [3.8, 4) is 0 Å². The van der Waals surface area contributed by atoms with Crippen LogP contribution in [0.15, 0.2) is 17.2 Å². The van der Waals surface area contributed by atoms with Crippen LogP contribution < -0.4 is 0 Å².